The van der Waals surface area contributed by atoms with Gasteiger partial charge in [0.05, 0.1) is 13.2 Å². The largest absolute Gasteiger partial charge is 0.368 e. The van der Waals surface area contributed by atoms with E-state index in [1.54, 1.807) is 13.8 Å². The number of nitrogens with one attached hydrogen (secondary N) is 1. The van der Waals surface area contributed by atoms with Crippen molar-refractivity contribution in [1.29, 1.82) is 0 Å². The second kappa shape index (κ2) is 8.91. The fourth-order valence-corrected chi connectivity index (χ4v) is 4.70. The van der Waals surface area contributed by atoms with Crippen LogP contribution in [-0.4, -0.2) is 13.2 Å². The van der Waals surface area contributed by atoms with Crippen molar-refractivity contribution in [2.24, 2.45) is 0 Å². The number of halogens is 4. The Kier molecular flexibility index (Phi) is 7.12. The van der Waals surface area contributed by atoms with Gasteiger partial charge >= 0.3 is 7.60 Å². The summed E-state index contributed by atoms with van der Waals surface area (Å²) in [4.78, 5) is 0. The van der Waals surface area contributed by atoms with Crippen LogP contribution in [0, 0.1) is 17.5 Å². The molecule has 0 bridgehead atoms. The first-order valence-electron chi connectivity index (χ1n) is 7.86. The number of rotatable bonds is 8. The summed E-state index contributed by atoms with van der Waals surface area (Å²) in [6.45, 7) is 3.26. The Morgan fingerprint density at radius 1 is 1.04 bits per heavy atom. The molecule has 142 valence electrons. The molecular formula is C17H18ClF3NO3P. The maximum absolute atomic E-state index is 14.5. The molecule has 9 heteroatoms. The van der Waals surface area contributed by atoms with Crippen LogP contribution in [0.3, 0.4) is 0 Å². The third-order valence-electron chi connectivity index (χ3n) is 3.43. The lowest BCUT2D eigenvalue weighted by atomic mass is 10.2. The van der Waals surface area contributed by atoms with E-state index >= 15 is 0 Å². The van der Waals surface area contributed by atoms with Crippen LogP contribution in [0.25, 0.3) is 0 Å². The lowest BCUT2D eigenvalue weighted by molar-refractivity contribution is 0.213. The van der Waals surface area contributed by atoms with Gasteiger partial charge in [-0.2, -0.15) is 0 Å². The minimum atomic E-state index is -3.95. The van der Waals surface area contributed by atoms with Crippen LogP contribution in [0.4, 0.5) is 18.9 Å². The van der Waals surface area contributed by atoms with E-state index in [1.807, 2.05) is 0 Å². The molecule has 1 unspecified atom stereocenters. The molecule has 0 aromatic heterocycles. The van der Waals surface area contributed by atoms with Gasteiger partial charge in [0.2, 0.25) is 0 Å². The smallest absolute Gasteiger partial charge is 0.357 e. The van der Waals surface area contributed by atoms with Crippen molar-refractivity contribution in [3.8, 4) is 0 Å². The Balaban J connectivity index is 2.57. The van der Waals surface area contributed by atoms with E-state index in [-0.39, 0.29) is 29.5 Å². The zero-order valence-corrected chi connectivity index (χ0v) is 15.8. The summed E-state index contributed by atoms with van der Waals surface area (Å²) >= 11 is 6.11. The van der Waals surface area contributed by atoms with E-state index in [0.717, 1.165) is 18.2 Å². The van der Waals surface area contributed by atoms with E-state index < -0.39 is 30.8 Å². The monoisotopic (exact) mass is 407 g/mol. The highest BCUT2D eigenvalue weighted by atomic mass is 35.5. The highest BCUT2D eigenvalue weighted by Gasteiger charge is 2.40. The zero-order chi connectivity index (χ0) is 19.3. The number of anilines is 1. The normalized spacial score (nSPS) is 12.8. The SMILES string of the molecule is CCOP(=O)(OCC)C(Nc1ccc(F)c(F)c1)c1c(F)cccc1Cl. The highest BCUT2D eigenvalue weighted by Crippen LogP contribution is 2.62. The molecule has 1 N–H and O–H groups in total. The quantitative estimate of drug-likeness (QED) is 0.534. The predicted octanol–water partition coefficient (Wildman–Crippen LogP) is 6.13. The number of benzene rings is 2. The van der Waals surface area contributed by atoms with Crippen molar-refractivity contribution in [2.45, 2.75) is 19.6 Å². The first-order valence-corrected chi connectivity index (χ1v) is 9.85. The van der Waals surface area contributed by atoms with Gasteiger partial charge in [0.15, 0.2) is 17.4 Å². The second-order valence-electron chi connectivity index (χ2n) is 5.19. The molecule has 26 heavy (non-hydrogen) atoms. The van der Waals surface area contributed by atoms with Gasteiger partial charge in [0.1, 0.15) is 5.82 Å². The van der Waals surface area contributed by atoms with Gasteiger partial charge in [-0.25, -0.2) is 13.2 Å². The van der Waals surface area contributed by atoms with Crippen molar-refractivity contribution in [1.82, 2.24) is 0 Å². The molecule has 0 aliphatic heterocycles. The van der Waals surface area contributed by atoms with Crippen LogP contribution >= 0.6 is 19.2 Å². The summed E-state index contributed by atoms with van der Waals surface area (Å²) in [5, 5.41) is 2.70. The molecular weight excluding hydrogens is 390 g/mol. The molecule has 2 aromatic rings. The molecule has 2 aromatic carbocycles. The fourth-order valence-electron chi connectivity index (χ4n) is 2.37. The standard InChI is InChI=1S/C17H18ClF3NO3P/c1-3-24-26(23,25-4-2)17(16-12(18)6-5-7-14(16)20)22-11-8-9-13(19)15(21)10-11/h5-10,17,22H,3-4H2,1-2H3. The minimum Gasteiger partial charge on any atom is -0.368 e. The van der Waals surface area contributed by atoms with Gasteiger partial charge in [0.25, 0.3) is 0 Å². The van der Waals surface area contributed by atoms with Crippen LogP contribution in [0.2, 0.25) is 5.02 Å². The maximum atomic E-state index is 14.5. The number of hydrogen-bond acceptors (Lipinski definition) is 4. The van der Waals surface area contributed by atoms with Crippen LogP contribution < -0.4 is 5.32 Å². The third kappa shape index (κ3) is 4.60. The van der Waals surface area contributed by atoms with Crippen molar-refractivity contribution in [3.05, 3.63) is 64.4 Å². The summed E-state index contributed by atoms with van der Waals surface area (Å²) in [6, 6.07) is 6.93. The Hall–Kier alpha value is -1.53. The molecule has 0 aliphatic carbocycles. The summed E-state index contributed by atoms with van der Waals surface area (Å²) in [5.74, 6) is -4.26. The average molecular weight is 408 g/mol. The third-order valence-corrected chi connectivity index (χ3v) is 6.02. The molecule has 1 atom stereocenters. The molecule has 0 heterocycles. The van der Waals surface area contributed by atoms with Gasteiger partial charge in [-0.05, 0) is 38.1 Å². The molecule has 4 nitrogen and oxygen atoms in total. The highest BCUT2D eigenvalue weighted by molar-refractivity contribution is 7.54. The topological polar surface area (TPSA) is 47.6 Å². The van der Waals surface area contributed by atoms with E-state index in [2.05, 4.69) is 5.32 Å². The summed E-state index contributed by atoms with van der Waals surface area (Å²) in [7, 11) is -3.95. The molecule has 2 rings (SSSR count). The number of hydrogen-bond donors (Lipinski definition) is 1. The van der Waals surface area contributed by atoms with Crippen molar-refractivity contribution >= 4 is 24.9 Å². The van der Waals surface area contributed by atoms with Crippen molar-refractivity contribution < 1.29 is 26.8 Å². The van der Waals surface area contributed by atoms with Gasteiger partial charge in [-0.3, -0.25) is 4.57 Å². The summed E-state index contributed by atoms with van der Waals surface area (Å²) < 4.78 is 65.1. The van der Waals surface area contributed by atoms with E-state index in [4.69, 9.17) is 20.6 Å². The molecule has 0 spiro atoms. The van der Waals surface area contributed by atoms with Crippen molar-refractivity contribution in [2.75, 3.05) is 18.5 Å². The Bertz CT molecular complexity index is 792. The second-order valence-corrected chi connectivity index (χ2v) is 7.71. The fraction of sp³-hybridized carbons (Fsp3) is 0.294. The van der Waals surface area contributed by atoms with Gasteiger partial charge in [0, 0.05) is 22.3 Å². The molecule has 0 aliphatic rings. The molecule has 0 fully saturated rings. The Morgan fingerprint density at radius 2 is 1.69 bits per heavy atom. The average Bonchev–Trinajstić information content (AvgIpc) is 2.57. The van der Waals surface area contributed by atoms with Crippen molar-refractivity contribution in [3.63, 3.8) is 0 Å². The van der Waals surface area contributed by atoms with E-state index in [0.29, 0.717) is 0 Å². The predicted molar refractivity (Wildman–Crippen MR) is 95.0 cm³/mol. The molecule has 0 saturated carbocycles. The maximum Gasteiger partial charge on any atom is 0.357 e. The molecule has 0 radical (unpaired) electrons. The Morgan fingerprint density at radius 3 is 2.23 bits per heavy atom. The lowest BCUT2D eigenvalue weighted by Gasteiger charge is -2.29. The van der Waals surface area contributed by atoms with Crippen LogP contribution in [-0.2, 0) is 13.6 Å². The first kappa shape index (κ1) is 20.8. The van der Waals surface area contributed by atoms with Crippen LogP contribution in [0.1, 0.15) is 25.2 Å². The van der Waals surface area contributed by atoms with Gasteiger partial charge < -0.3 is 14.4 Å². The first-order chi connectivity index (χ1) is 12.3. The summed E-state index contributed by atoms with van der Waals surface area (Å²) in [6.07, 6.45) is 0. The van der Waals surface area contributed by atoms with Gasteiger partial charge in [-0.1, -0.05) is 17.7 Å². The van der Waals surface area contributed by atoms with Crippen LogP contribution in [0.15, 0.2) is 36.4 Å². The molecule has 0 amide bonds. The molecule has 0 saturated heterocycles. The van der Waals surface area contributed by atoms with Crippen LogP contribution in [0.5, 0.6) is 0 Å². The van der Waals surface area contributed by atoms with E-state index in [9.17, 15) is 17.7 Å². The minimum absolute atomic E-state index is 0.00952. The van der Waals surface area contributed by atoms with E-state index in [1.165, 1.54) is 18.2 Å². The lowest BCUT2D eigenvalue weighted by Crippen LogP contribution is -2.17. The zero-order valence-electron chi connectivity index (χ0n) is 14.1. The Labute approximate surface area is 154 Å². The summed E-state index contributed by atoms with van der Waals surface area (Å²) in [5.41, 5.74) is -0.0861. The van der Waals surface area contributed by atoms with Gasteiger partial charge in [-0.15, -0.1) is 0 Å².